The van der Waals surface area contributed by atoms with Crippen molar-refractivity contribution in [3.63, 3.8) is 0 Å². The third kappa shape index (κ3) is 3.99. The molecule has 0 unspecified atom stereocenters. The van der Waals surface area contributed by atoms with Gasteiger partial charge in [-0.05, 0) is 55.3 Å². The predicted molar refractivity (Wildman–Crippen MR) is 143 cm³/mol. The minimum absolute atomic E-state index is 0.284. The lowest BCUT2D eigenvalue weighted by Crippen LogP contribution is -2.57. The van der Waals surface area contributed by atoms with Crippen LogP contribution < -0.4 is 25.6 Å². The maximum atomic E-state index is 14.3. The molecule has 0 aliphatic carbocycles. The number of ether oxygens (including phenoxy) is 1. The Morgan fingerprint density at radius 3 is 2.68 bits per heavy atom. The van der Waals surface area contributed by atoms with Gasteiger partial charge in [-0.2, -0.15) is 0 Å². The number of aliphatic hydroxyl groups is 1. The molecule has 0 saturated carbocycles. The molecule has 9 nitrogen and oxygen atoms in total. The Labute approximate surface area is 217 Å². The average Bonchev–Trinajstić information content (AvgIpc) is 3.27. The maximum Gasteiger partial charge on any atom is 0.333 e. The van der Waals surface area contributed by atoms with Crippen molar-refractivity contribution in [2.45, 2.75) is 25.5 Å². The molecule has 10 heteroatoms. The molecule has 2 aromatic carbocycles. The fraction of sp³-hybridized carbons (Fsp3) is 0.222. The topological polar surface area (TPSA) is 121 Å². The highest BCUT2D eigenvalue weighted by molar-refractivity contribution is 7.21. The zero-order valence-electron chi connectivity index (χ0n) is 20.0. The number of aromatic nitrogens is 1. The summed E-state index contributed by atoms with van der Waals surface area (Å²) in [7, 11) is 0. The van der Waals surface area contributed by atoms with Crippen molar-refractivity contribution in [2.24, 2.45) is 5.73 Å². The number of nitrogens with one attached hydrogen (secondary N) is 1. The van der Waals surface area contributed by atoms with Crippen LogP contribution in [0.2, 0.25) is 0 Å². The number of para-hydroxylation sites is 1. The van der Waals surface area contributed by atoms with Crippen LogP contribution in [-0.2, 0) is 0 Å². The SMILES string of the molecule is Cc1cc(Oc2ccccc2)ccc1N1C(=O)N([C@H]2CNC[C@@H](O)C2)c2c(C(N)=O)sc3nccc1c23. The Balaban J connectivity index is 1.49. The molecule has 2 aliphatic rings. The van der Waals surface area contributed by atoms with E-state index in [1.165, 1.54) is 11.3 Å². The van der Waals surface area contributed by atoms with Crippen LogP contribution >= 0.6 is 11.3 Å². The Hall–Kier alpha value is -3.99. The minimum atomic E-state index is -0.613. The number of amides is 3. The van der Waals surface area contributed by atoms with Crippen molar-refractivity contribution in [1.82, 2.24) is 10.3 Å². The first-order valence-corrected chi connectivity index (χ1v) is 12.8. The van der Waals surface area contributed by atoms with Crippen LogP contribution in [0.3, 0.4) is 0 Å². The Bertz CT molecular complexity index is 1520. The molecule has 188 valence electrons. The number of aliphatic hydroxyl groups excluding tert-OH is 1. The second kappa shape index (κ2) is 9.15. The van der Waals surface area contributed by atoms with E-state index in [4.69, 9.17) is 10.5 Å². The summed E-state index contributed by atoms with van der Waals surface area (Å²) in [6.45, 7) is 2.85. The molecular weight excluding hydrogens is 490 g/mol. The molecule has 1 saturated heterocycles. The van der Waals surface area contributed by atoms with Gasteiger partial charge in [0.2, 0.25) is 0 Å². The number of piperidine rings is 1. The van der Waals surface area contributed by atoms with Gasteiger partial charge in [0.1, 0.15) is 21.2 Å². The van der Waals surface area contributed by atoms with E-state index in [1.807, 2.05) is 55.5 Å². The van der Waals surface area contributed by atoms with E-state index in [2.05, 4.69) is 10.3 Å². The molecule has 4 aromatic rings. The third-order valence-corrected chi connectivity index (χ3v) is 7.81. The summed E-state index contributed by atoms with van der Waals surface area (Å²) in [5.41, 5.74) is 8.38. The molecule has 0 bridgehead atoms. The van der Waals surface area contributed by atoms with Gasteiger partial charge in [-0.15, -0.1) is 11.3 Å². The zero-order valence-corrected chi connectivity index (χ0v) is 20.9. The number of hydrogen-bond acceptors (Lipinski definition) is 7. The first-order valence-electron chi connectivity index (χ1n) is 12.0. The quantitative estimate of drug-likeness (QED) is 0.365. The number of thiophene rings is 1. The number of primary amides is 1. The van der Waals surface area contributed by atoms with Crippen LogP contribution in [0, 0.1) is 6.92 Å². The second-order valence-electron chi connectivity index (χ2n) is 9.21. The average molecular weight is 516 g/mol. The van der Waals surface area contributed by atoms with Crippen molar-refractivity contribution < 1.29 is 19.4 Å². The molecule has 1 fully saturated rings. The lowest BCUT2D eigenvalue weighted by atomic mass is 10.00. The lowest BCUT2D eigenvalue weighted by molar-refractivity contribution is 0.100. The van der Waals surface area contributed by atoms with Gasteiger partial charge in [0.05, 0.1) is 34.6 Å². The number of benzene rings is 2. The van der Waals surface area contributed by atoms with Crippen LogP contribution in [-0.4, -0.2) is 47.3 Å². The van der Waals surface area contributed by atoms with E-state index in [-0.39, 0.29) is 17.0 Å². The molecule has 2 aliphatic heterocycles. The molecule has 0 spiro atoms. The largest absolute Gasteiger partial charge is 0.457 e. The fourth-order valence-corrected chi connectivity index (χ4v) is 6.12. The Morgan fingerprint density at radius 1 is 1.14 bits per heavy atom. The highest BCUT2D eigenvalue weighted by atomic mass is 32.1. The summed E-state index contributed by atoms with van der Waals surface area (Å²) in [6.07, 6.45) is 1.39. The minimum Gasteiger partial charge on any atom is -0.457 e. The van der Waals surface area contributed by atoms with Crippen LogP contribution in [0.1, 0.15) is 21.7 Å². The van der Waals surface area contributed by atoms with Gasteiger partial charge >= 0.3 is 6.03 Å². The summed E-state index contributed by atoms with van der Waals surface area (Å²) in [4.78, 5) is 35.4. The number of urea groups is 1. The van der Waals surface area contributed by atoms with Gasteiger partial charge in [-0.3, -0.25) is 14.6 Å². The highest BCUT2D eigenvalue weighted by Gasteiger charge is 2.42. The second-order valence-corrected chi connectivity index (χ2v) is 10.2. The van der Waals surface area contributed by atoms with Crippen molar-refractivity contribution in [3.8, 4) is 11.5 Å². The van der Waals surface area contributed by atoms with E-state index in [0.717, 1.165) is 11.3 Å². The van der Waals surface area contributed by atoms with Crippen LogP contribution in [0.25, 0.3) is 10.2 Å². The number of carbonyl (C=O) groups excluding carboxylic acids is 2. The predicted octanol–water partition coefficient (Wildman–Crippen LogP) is 4.30. The number of anilines is 3. The smallest absolute Gasteiger partial charge is 0.333 e. The molecule has 4 N–H and O–H groups in total. The van der Waals surface area contributed by atoms with E-state index in [0.29, 0.717) is 52.5 Å². The first-order chi connectivity index (χ1) is 17.9. The normalized spacial score (nSPS) is 19.4. The summed E-state index contributed by atoms with van der Waals surface area (Å²) < 4.78 is 5.99. The van der Waals surface area contributed by atoms with Gasteiger partial charge in [0.25, 0.3) is 5.91 Å². The number of pyridine rings is 1. The molecule has 2 aromatic heterocycles. The Kier molecular flexibility index (Phi) is 5.79. The molecule has 4 heterocycles. The Morgan fingerprint density at radius 2 is 1.95 bits per heavy atom. The number of nitrogens with zero attached hydrogens (tertiary/aromatic N) is 3. The number of carbonyl (C=O) groups is 2. The summed E-state index contributed by atoms with van der Waals surface area (Å²) in [5.74, 6) is 0.759. The van der Waals surface area contributed by atoms with E-state index < -0.39 is 12.0 Å². The summed E-state index contributed by atoms with van der Waals surface area (Å²) in [6, 6.07) is 16.2. The molecule has 6 rings (SSSR count). The number of hydrogen-bond donors (Lipinski definition) is 3. The lowest BCUT2D eigenvalue weighted by Gasteiger charge is -2.42. The number of nitrogens with two attached hydrogens (primary N) is 1. The van der Waals surface area contributed by atoms with E-state index >= 15 is 0 Å². The molecule has 2 atom stereocenters. The summed E-state index contributed by atoms with van der Waals surface area (Å²) in [5, 5.41) is 14.3. The van der Waals surface area contributed by atoms with Crippen molar-refractivity contribution >= 4 is 50.6 Å². The van der Waals surface area contributed by atoms with Crippen molar-refractivity contribution in [3.05, 3.63) is 71.2 Å². The molecule has 37 heavy (non-hydrogen) atoms. The number of β-amino-alcohol motifs (C(OH)–C–C–N with tert-alkyl or cyclic N) is 1. The summed E-state index contributed by atoms with van der Waals surface area (Å²) >= 11 is 1.18. The van der Waals surface area contributed by atoms with Crippen LogP contribution in [0.15, 0.2) is 60.8 Å². The van der Waals surface area contributed by atoms with Gasteiger partial charge in [0.15, 0.2) is 0 Å². The van der Waals surface area contributed by atoms with Gasteiger partial charge in [-0.1, -0.05) is 18.2 Å². The van der Waals surface area contributed by atoms with E-state index in [1.54, 1.807) is 22.1 Å². The molecule has 3 amide bonds. The molecular formula is C27H25N5O4S. The van der Waals surface area contributed by atoms with Crippen LogP contribution in [0.4, 0.5) is 21.9 Å². The number of aryl methyl sites for hydroxylation is 1. The maximum absolute atomic E-state index is 14.3. The van der Waals surface area contributed by atoms with Gasteiger partial charge in [0, 0.05) is 19.3 Å². The molecule has 0 radical (unpaired) electrons. The van der Waals surface area contributed by atoms with Crippen molar-refractivity contribution in [1.29, 1.82) is 0 Å². The van der Waals surface area contributed by atoms with Crippen LogP contribution in [0.5, 0.6) is 11.5 Å². The van der Waals surface area contributed by atoms with Gasteiger partial charge < -0.3 is 20.9 Å². The van der Waals surface area contributed by atoms with Gasteiger partial charge in [-0.25, -0.2) is 9.78 Å². The number of rotatable bonds is 5. The first kappa shape index (κ1) is 23.4. The standard InChI is InChI=1S/C27H25N5O4S/c1-15-11-19(36-18-5-3-2-4-6-18)7-8-20(15)32-21-9-10-30-26-22(21)23(24(37-26)25(28)34)31(27(32)35)16-12-17(33)14-29-13-16/h2-11,16-17,29,33H,12-14H2,1H3,(H2,28,34)/t16-,17+/m1/s1. The van der Waals surface area contributed by atoms with E-state index in [9.17, 15) is 14.7 Å². The zero-order chi connectivity index (χ0) is 25.7. The monoisotopic (exact) mass is 515 g/mol. The van der Waals surface area contributed by atoms with Crippen molar-refractivity contribution in [2.75, 3.05) is 22.9 Å². The fourth-order valence-electron chi connectivity index (χ4n) is 5.11. The third-order valence-electron chi connectivity index (χ3n) is 6.71. The highest BCUT2D eigenvalue weighted by Crippen LogP contribution is 2.49.